The number of ether oxygens (including phenoxy) is 1. The summed E-state index contributed by atoms with van der Waals surface area (Å²) < 4.78 is 5.36. The minimum atomic E-state index is 0.296. The van der Waals surface area contributed by atoms with Crippen molar-refractivity contribution in [2.24, 2.45) is 0 Å². The van der Waals surface area contributed by atoms with E-state index in [2.05, 4.69) is 5.92 Å². The Morgan fingerprint density at radius 2 is 2.13 bits per heavy atom. The highest BCUT2D eigenvalue weighted by molar-refractivity contribution is 5.68. The van der Waals surface area contributed by atoms with Crippen LogP contribution in [0.5, 0.6) is 0 Å². The van der Waals surface area contributed by atoms with E-state index in [0.717, 1.165) is 5.56 Å². The van der Waals surface area contributed by atoms with Gasteiger partial charge in [-0.3, -0.25) is 4.79 Å². The van der Waals surface area contributed by atoms with Gasteiger partial charge in [0.25, 0.3) is 0 Å². The molecule has 0 unspecified atom stereocenters. The van der Waals surface area contributed by atoms with E-state index in [4.69, 9.17) is 11.2 Å². The summed E-state index contributed by atoms with van der Waals surface area (Å²) >= 11 is 0. The normalized spacial score (nSPS) is 10.7. The van der Waals surface area contributed by atoms with Gasteiger partial charge in [0.2, 0.25) is 0 Å². The Hall–Kier alpha value is -1.85. The summed E-state index contributed by atoms with van der Waals surface area (Å²) in [4.78, 5) is 10.2. The van der Waals surface area contributed by atoms with Gasteiger partial charge in [-0.15, -0.1) is 6.42 Å². The molecule has 0 atom stereocenters. The van der Waals surface area contributed by atoms with Gasteiger partial charge in [-0.1, -0.05) is 36.3 Å². The van der Waals surface area contributed by atoms with Crippen molar-refractivity contribution in [1.82, 2.24) is 0 Å². The molecule has 0 aliphatic carbocycles. The fourth-order valence-corrected chi connectivity index (χ4v) is 1.07. The van der Waals surface area contributed by atoms with E-state index in [0.29, 0.717) is 25.1 Å². The summed E-state index contributed by atoms with van der Waals surface area (Å²) in [5.74, 6) is 2.39. The first kappa shape index (κ1) is 11.2. The summed E-state index contributed by atoms with van der Waals surface area (Å²) in [5.41, 5.74) is 1.64. The van der Waals surface area contributed by atoms with E-state index in [1.165, 1.54) is 6.08 Å². The molecule has 0 fully saturated rings. The van der Waals surface area contributed by atoms with Crippen LogP contribution in [-0.4, -0.2) is 12.9 Å². The number of allylic oxidation sites excluding steroid dienone is 1. The van der Waals surface area contributed by atoms with Gasteiger partial charge in [-0.25, -0.2) is 0 Å². The molecule has 15 heavy (non-hydrogen) atoms. The minimum Gasteiger partial charge on any atom is -0.371 e. The molecule has 76 valence electrons. The number of terminal acetylenes is 1. The van der Waals surface area contributed by atoms with Crippen molar-refractivity contribution in [3.05, 3.63) is 47.5 Å². The van der Waals surface area contributed by atoms with E-state index >= 15 is 0 Å². The number of benzene rings is 1. The standard InChI is InChI=1S/C13H12O2/c1-2-12(8-9-14)10-15-11-13-6-4-3-5-7-13/h1,3-9H,10-11H2/b12-8+. The second-order valence-electron chi connectivity index (χ2n) is 2.95. The van der Waals surface area contributed by atoms with E-state index in [1.807, 2.05) is 30.3 Å². The van der Waals surface area contributed by atoms with E-state index in [-0.39, 0.29) is 0 Å². The molecule has 2 heteroatoms. The summed E-state index contributed by atoms with van der Waals surface area (Å²) in [5, 5.41) is 0. The summed E-state index contributed by atoms with van der Waals surface area (Å²) in [7, 11) is 0. The predicted molar refractivity (Wildman–Crippen MR) is 59.1 cm³/mol. The Morgan fingerprint density at radius 3 is 2.73 bits per heavy atom. The molecule has 0 heterocycles. The zero-order valence-electron chi connectivity index (χ0n) is 8.35. The maximum atomic E-state index is 10.2. The highest BCUT2D eigenvalue weighted by Crippen LogP contribution is 2.02. The van der Waals surface area contributed by atoms with Crippen LogP contribution in [0.1, 0.15) is 5.56 Å². The van der Waals surface area contributed by atoms with Crippen molar-refractivity contribution >= 4 is 6.29 Å². The third kappa shape index (κ3) is 4.26. The molecule has 0 radical (unpaired) electrons. The molecule has 0 aliphatic heterocycles. The van der Waals surface area contributed by atoms with Crippen LogP contribution < -0.4 is 0 Å². The van der Waals surface area contributed by atoms with Gasteiger partial charge in [-0.05, 0) is 11.6 Å². The fourth-order valence-electron chi connectivity index (χ4n) is 1.07. The second kappa shape index (κ2) is 6.58. The zero-order valence-corrected chi connectivity index (χ0v) is 8.35. The minimum absolute atomic E-state index is 0.296. The lowest BCUT2D eigenvalue weighted by Gasteiger charge is -2.03. The first-order valence-corrected chi connectivity index (χ1v) is 4.59. The molecule has 2 nitrogen and oxygen atoms in total. The third-order valence-electron chi connectivity index (χ3n) is 1.82. The van der Waals surface area contributed by atoms with Gasteiger partial charge in [-0.2, -0.15) is 0 Å². The number of carbonyl (C=O) groups is 1. The SMILES string of the molecule is C#C/C(=C\C=O)COCc1ccccc1. The van der Waals surface area contributed by atoms with Crippen LogP contribution in [0.3, 0.4) is 0 Å². The first-order valence-electron chi connectivity index (χ1n) is 4.59. The van der Waals surface area contributed by atoms with E-state index in [9.17, 15) is 4.79 Å². The Bertz CT molecular complexity index is 371. The van der Waals surface area contributed by atoms with E-state index < -0.39 is 0 Å². The van der Waals surface area contributed by atoms with E-state index in [1.54, 1.807) is 0 Å². The van der Waals surface area contributed by atoms with Crippen LogP contribution in [-0.2, 0) is 16.1 Å². The van der Waals surface area contributed by atoms with Crippen molar-refractivity contribution in [3.8, 4) is 12.3 Å². The summed E-state index contributed by atoms with van der Waals surface area (Å²) in [6.07, 6.45) is 7.19. The Labute approximate surface area is 89.6 Å². The average molecular weight is 200 g/mol. The topological polar surface area (TPSA) is 26.3 Å². The van der Waals surface area contributed by atoms with Gasteiger partial charge in [0.05, 0.1) is 13.2 Å². The Morgan fingerprint density at radius 1 is 1.40 bits per heavy atom. The lowest BCUT2D eigenvalue weighted by Crippen LogP contribution is -1.97. The van der Waals surface area contributed by atoms with Crippen LogP contribution in [0.15, 0.2) is 42.0 Å². The number of carbonyl (C=O) groups excluding carboxylic acids is 1. The van der Waals surface area contributed by atoms with Gasteiger partial charge < -0.3 is 4.74 Å². The monoisotopic (exact) mass is 200 g/mol. The van der Waals surface area contributed by atoms with Gasteiger partial charge >= 0.3 is 0 Å². The van der Waals surface area contributed by atoms with Crippen molar-refractivity contribution in [1.29, 1.82) is 0 Å². The number of rotatable bonds is 5. The number of hydrogen-bond acceptors (Lipinski definition) is 2. The fraction of sp³-hybridized carbons (Fsp3) is 0.154. The van der Waals surface area contributed by atoms with Gasteiger partial charge in [0.1, 0.15) is 6.29 Å². The van der Waals surface area contributed by atoms with Gasteiger partial charge in [0, 0.05) is 5.57 Å². The molecular weight excluding hydrogens is 188 g/mol. The molecule has 0 saturated carbocycles. The summed E-state index contributed by atoms with van der Waals surface area (Å²) in [6, 6.07) is 9.78. The van der Waals surface area contributed by atoms with Crippen molar-refractivity contribution in [2.45, 2.75) is 6.61 Å². The molecule has 1 aromatic carbocycles. The van der Waals surface area contributed by atoms with Gasteiger partial charge in [0.15, 0.2) is 0 Å². The zero-order chi connectivity index (χ0) is 10.9. The quantitative estimate of drug-likeness (QED) is 0.412. The average Bonchev–Trinajstić information content (AvgIpc) is 2.29. The molecule has 0 saturated heterocycles. The number of hydrogen-bond donors (Lipinski definition) is 0. The van der Waals surface area contributed by atoms with Crippen LogP contribution in [0, 0.1) is 12.3 Å². The molecule has 0 bridgehead atoms. The molecule has 0 aromatic heterocycles. The maximum Gasteiger partial charge on any atom is 0.143 e. The van der Waals surface area contributed by atoms with Crippen LogP contribution in [0.25, 0.3) is 0 Å². The second-order valence-corrected chi connectivity index (χ2v) is 2.95. The van der Waals surface area contributed by atoms with Crippen LogP contribution in [0.2, 0.25) is 0 Å². The molecule has 0 aliphatic rings. The highest BCUT2D eigenvalue weighted by Gasteiger charge is 1.94. The smallest absolute Gasteiger partial charge is 0.143 e. The Balaban J connectivity index is 2.37. The molecule has 1 rings (SSSR count). The molecule has 0 N–H and O–H groups in total. The predicted octanol–water partition coefficient (Wildman–Crippen LogP) is 1.96. The molecular formula is C13H12O2. The number of aldehydes is 1. The highest BCUT2D eigenvalue weighted by atomic mass is 16.5. The molecule has 0 amide bonds. The van der Waals surface area contributed by atoms with Crippen LogP contribution >= 0.6 is 0 Å². The van der Waals surface area contributed by atoms with Crippen molar-refractivity contribution in [3.63, 3.8) is 0 Å². The third-order valence-corrected chi connectivity index (χ3v) is 1.82. The van der Waals surface area contributed by atoms with Crippen molar-refractivity contribution in [2.75, 3.05) is 6.61 Å². The lowest BCUT2D eigenvalue weighted by molar-refractivity contribution is -0.104. The largest absolute Gasteiger partial charge is 0.371 e. The van der Waals surface area contributed by atoms with Crippen LogP contribution in [0.4, 0.5) is 0 Å². The Kier molecular flexibility index (Phi) is 4.93. The van der Waals surface area contributed by atoms with Crippen molar-refractivity contribution < 1.29 is 9.53 Å². The molecule has 0 spiro atoms. The first-order chi connectivity index (χ1) is 7.36. The lowest BCUT2D eigenvalue weighted by atomic mass is 10.2. The molecule has 1 aromatic rings. The summed E-state index contributed by atoms with van der Waals surface area (Å²) in [6.45, 7) is 0.794. The maximum absolute atomic E-state index is 10.2.